The third-order valence-electron chi connectivity index (χ3n) is 4.98. The van der Waals surface area contributed by atoms with Crippen LogP contribution in [-0.2, 0) is 14.8 Å². The number of hydrogen-bond acceptors (Lipinski definition) is 6. The Kier molecular flexibility index (Phi) is 6.51. The molecule has 0 aliphatic carbocycles. The number of anilines is 1. The lowest BCUT2D eigenvalue weighted by Gasteiger charge is -2.28. The Morgan fingerprint density at radius 2 is 1.83 bits per heavy atom. The molecule has 1 aliphatic heterocycles. The number of morpholine rings is 1. The summed E-state index contributed by atoms with van der Waals surface area (Å²) >= 11 is 0. The quantitative estimate of drug-likeness (QED) is 0.544. The van der Waals surface area contributed by atoms with Gasteiger partial charge in [-0.15, -0.1) is 0 Å². The monoisotopic (exact) mass is 419 g/mol. The smallest absolute Gasteiger partial charge is 0.270 e. The molecule has 0 bridgehead atoms. The second-order valence-corrected chi connectivity index (χ2v) is 8.88. The zero-order chi connectivity index (χ0) is 21.0. The molecule has 9 heteroatoms. The number of benzene rings is 2. The van der Waals surface area contributed by atoms with Crippen LogP contribution in [-0.4, -0.2) is 43.9 Å². The summed E-state index contributed by atoms with van der Waals surface area (Å²) in [6, 6.07) is 11.8. The third-order valence-corrected chi connectivity index (χ3v) is 6.92. The van der Waals surface area contributed by atoms with Crippen LogP contribution >= 0.6 is 0 Å². The molecule has 0 saturated carbocycles. The Bertz CT molecular complexity index is 970. The van der Waals surface area contributed by atoms with Crippen molar-refractivity contribution in [3.8, 4) is 0 Å². The summed E-state index contributed by atoms with van der Waals surface area (Å²) in [7, 11) is -3.91. The summed E-state index contributed by atoms with van der Waals surface area (Å²) in [5.41, 5.74) is 2.25. The maximum Gasteiger partial charge on any atom is 0.270 e. The molecule has 3 rings (SSSR count). The van der Waals surface area contributed by atoms with Crippen molar-refractivity contribution in [1.82, 2.24) is 4.31 Å². The Labute approximate surface area is 170 Å². The van der Waals surface area contributed by atoms with Crippen LogP contribution in [0.4, 0.5) is 11.4 Å². The van der Waals surface area contributed by atoms with Crippen molar-refractivity contribution in [1.29, 1.82) is 0 Å². The Morgan fingerprint density at radius 1 is 1.17 bits per heavy atom. The fraction of sp³-hybridized carbons (Fsp3) is 0.400. The summed E-state index contributed by atoms with van der Waals surface area (Å²) in [6.45, 7) is 5.05. The molecule has 2 aromatic rings. The van der Waals surface area contributed by atoms with Crippen LogP contribution in [0.25, 0.3) is 0 Å². The minimum absolute atomic E-state index is 0.0841. The second-order valence-electron chi connectivity index (χ2n) is 6.97. The van der Waals surface area contributed by atoms with Crippen molar-refractivity contribution >= 4 is 21.4 Å². The largest absolute Gasteiger partial charge is 0.379 e. The van der Waals surface area contributed by atoms with E-state index >= 15 is 0 Å². The molecule has 0 unspecified atom stereocenters. The maximum absolute atomic E-state index is 13.2. The van der Waals surface area contributed by atoms with E-state index in [1.54, 1.807) is 0 Å². The van der Waals surface area contributed by atoms with Crippen LogP contribution in [0, 0.1) is 17.0 Å². The summed E-state index contributed by atoms with van der Waals surface area (Å²) in [6.07, 6.45) is 0.719. The van der Waals surface area contributed by atoms with E-state index in [4.69, 9.17) is 4.74 Å². The van der Waals surface area contributed by atoms with Crippen molar-refractivity contribution in [2.45, 2.75) is 31.2 Å². The highest BCUT2D eigenvalue weighted by Gasteiger charge is 2.31. The molecule has 1 saturated heterocycles. The Balaban J connectivity index is 2.01. The highest BCUT2D eigenvalue weighted by molar-refractivity contribution is 7.89. The summed E-state index contributed by atoms with van der Waals surface area (Å²) in [5.74, 6) is 0. The normalized spacial score (nSPS) is 16.3. The van der Waals surface area contributed by atoms with E-state index in [0.717, 1.165) is 23.6 Å². The van der Waals surface area contributed by atoms with Crippen LogP contribution in [0.15, 0.2) is 47.4 Å². The molecular formula is C20H25N3O5S. The molecule has 29 heavy (non-hydrogen) atoms. The SMILES string of the molecule is CC[C@@H](Nc1ccc([N+](=O)[O-])cc1S(=O)(=O)N1CCOCC1)c1ccc(C)cc1. The van der Waals surface area contributed by atoms with E-state index < -0.39 is 14.9 Å². The van der Waals surface area contributed by atoms with Gasteiger partial charge in [0, 0.05) is 25.2 Å². The lowest BCUT2D eigenvalue weighted by atomic mass is 10.0. The average molecular weight is 420 g/mol. The van der Waals surface area contributed by atoms with Gasteiger partial charge in [-0.25, -0.2) is 8.42 Å². The van der Waals surface area contributed by atoms with E-state index in [1.807, 2.05) is 38.1 Å². The van der Waals surface area contributed by atoms with Crippen LogP contribution in [0.2, 0.25) is 0 Å². The molecule has 0 spiro atoms. The van der Waals surface area contributed by atoms with E-state index in [2.05, 4.69) is 5.32 Å². The molecule has 8 nitrogen and oxygen atoms in total. The van der Waals surface area contributed by atoms with Crippen molar-refractivity contribution in [3.05, 3.63) is 63.7 Å². The van der Waals surface area contributed by atoms with Crippen LogP contribution in [0.1, 0.15) is 30.5 Å². The molecule has 1 fully saturated rings. The van der Waals surface area contributed by atoms with Crippen molar-refractivity contribution < 1.29 is 18.1 Å². The van der Waals surface area contributed by atoms with E-state index in [9.17, 15) is 18.5 Å². The third kappa shape index (κ3) is 4.75. The predicted molar refractivity (Wildman–Crippen MR) is 111 cm³/mol. The first-order valence-corrected chi connectivity index (χ1v) is 11.0. The number of sulfonamides is 1. The highest BCUT2D eigenvalue weighted by atomic mass is 32.2. The van der Waals surface area contributed by atoms with Gasteiger partial charge in [0.2, 0.25) is 10.0 Å². The van der Waals surface area contributed by atoms with Gasteiger partial charge >= 0.3 is 0 Å². The van der Waals surface area contributed by atoms with Gasteiger partial charge in [-0.05, 0) is 25.0 Å². The minimum atomic E-state index is -3.91. The van der Waals surface area contributed by atoms with E-state index in [0.29, 0.717) is 18.9 Å². The van der Waals surface area contributed by atoms with Crippen LogP contribution < -0.4 is 5.32 Å². The number of aryl methyl sites for hydroxylation is 1. The first-order chi connectivity index (χ1) is 13.8. The van der Waals surface area contributed by atoms with E-state index in [1.165, 1.54) is 16.4 Å². The average Bonchev–Trinajstić information content (AvgIpc) is 2.73. The van der Waals surface area contributed by atoms with Gasteiger partial charge in [-0.3, -0.25) is 10.1 Å². The number of hydrogen-bond donors (Lipinski definition) is 1. The number of non-ortho nitro benzene ring substituents is 1. The Morgan fingerprint density at radius 3 is 2.41 bits per heavy atom. The van der Waals surface area contributed by atoms with Gasteiger partial charge in [0.05, 0.1) is 29.9 Å². The summed E-state index contributed by atoms with van der Waals surface area (Å²) in [4.78, 5) is 10.6. The molecule has 156 valence electrons. The molecule has 0 amide bonds. The van der Waals surface area contributed by atoms with Crippen molar-refractivity contribution in [2.24, 2.45) is 0 Å². The lowest BCUT2D eigenvalue weighted by molar-refractivity contribution is -0.385. The topological polar surface area (TPSA) is 102 Å². The van der Waals surface area contributed by atoms with Crippen molar-refractivity contribution in [3.63, 3.8) is 0 Å². The molecular weight excluding hydrogens is 394 g/mol. The summed E-state index contributed by atoms with van der Waals surface area (Å²) < 4.78 is 33.0. The van der Waals surface area contributed by atoms with Gasteiger partial charge in [0.15, 0.2) is 0 Å². The van der Waals surface area contributed by atoms with Crippen LogP contribution in [0.5, 0.6) is 0 Å². The minimum Gasteiger partial charge on any atom is -0.379 e. The molecule has 0 aromatic heterocycles. The molecule has 1 aliphatic rings. The number of nitro benzene ring substituents is 1. The van der Waals surface area contributed by atoms with Gasteiger partial charge in [0.25, 0.3) is 5.69 Å². The number of ether oxygens (including phenoxy) is 1. The Hall–Kier alpha value is -2.49. The number of rotatable bonds is 7. The number of nitro groups is 1. The van der Waals surface area contributed by atoms with Gasteiger partial charge in [-0.2, -0.15) is 4.31 Å². The van der Waals surface area contributed by atoms with E-state index in [-0.39, 0.29) is 29.7 Å². The molecule has 1 heterocycles. The number of nitrogens with one attached hydrogen (secondary N) is 1. The highest BCUT2D eigenvalue weighted by Crippen LogP contribution is 2.33. The fourth-order valence-electron chi connectivity index (χ4n) is 3.29. The molecule has 1 N–H and O–H groups in total. The zero-order valence-electron chi connectivity index (χ0n) is 16.5. The lowest BCUT2D eigenvalue weighted by Crippen LogP contribution is -2.40. The summed E-state index contributed by atoms with van der Waals surface area (Å²) in [5, 5.41) is 14.5. The van der Waals surface area contributed by atoms with Crippen molar-refractivity contribution in [2.75, 3.05) is 31.6 Å². The maximum atomic E-state index is 13.2. The fourth-order valence-corrected chi connectivity index (χ4v) is 4.87. The predicted octanol–water partition coefficient (Wildman–Crippen LogP) is 3.49. The second kappa shape index (κ2) is 8.89. The standard InChI is InChI=1S/C20H25N3O5S/c1-3-18(16-6-4-15(2)5-7-16)21-19-9-8-17(23(24)25)14-20(19)29(26,27)22-10-12-28-13-11-22/h4-9,14,18,21H,3,10-13H2,1-2H3/t18-/m1/s1. The van der Waals surface area contributed by atoms with Gasteiger partial charge in [-0.1, -0.05) is 36.8 Å². The van der Waals surface area contributed by atoms with Gasteiger partial charge in [0.1, 0.15) is 4.90 Å². The molecule has 0 radical (unpaired) electrons. The first-order valence-electron chi connectivity index (χ1n) is 9.52. The first kappa shape index (κ1) is 21.2. The number of nitrogens with zero attached hydrogens (tertiary/aromatic N) is 2. The molecule has 2 aromatic carbocycles. The zero-order valence-corrected chi connectivity index (χ0v) is 17.3. The van der Waals surface area contributed by atoms with Crippen LogP contribution in [0.3, 0.4) is 0 Å². The van der Waals surface area contributed by atoms with Gasteiger partial charge < -0.3 is 10.1 Å². The molecule has 1 atom stereocenters.